The van der Waals surface area contributed by atoms with Gasteiger partial charge in [0, 0.05) is 24.3 Å². The Morgan fingerprint density at radius 3 is 2.85 bits per heavy atom. The van der Waals surface area contributed by atoms with Gasteiger partial charge in [0.05, 0.1) is 23.3 Å². The molecule has 1 heterocycles. The van der Waals surface area contributed by atoms with Crippen LogP contribution in [0.2, 0.25) is 0 Å². The molecule has 0 radical (unpaired) electrons. The van der Waals surface area contributed by atoms with Crippen molar-refractivity contribution in [3.05, 3.63) is 30.5 Å². The zero-order valence-electron chi connectivity index (χ0n) is 11.8. The smallest absolute Gasteiger partial charge is 0.0955 e. The fourth-order valence-electron chi connectivity index (χ4n) is 3.19. The van der Waals surface area contributed by atoms with E-state index in [1.165, 1.54) is 6.42 Å². The molecule has 0 amide bonds. The number of likely N-dealkylation sites (N-methyl/N-ethyl adjacent to an activating group) is 1. The Balaban J connectivity index is 2.03. The molecule has 1 aromatic heterocycles. The fourth-order valence-corrected chi connectivity index (χ4v) is 3.19. The number of nitrogens with two attached hydrogens (primary N) is 1. The zero-order valence-corrected chi connectivity index (χ0v) is 11.8. The highest BCUT2D eigenvalue weighted by Crippen LogP contribution is 2.32. The molecular weight excluding hydrogens is 250 g/mol. The minimum atomic E-state index is -0.259. The van der Waals surface area contributed by atoms with E-state index in [1.807, 2.05) is 31.3 Å². The Morgan fingerprint density at radius 1 is 1.25 bits per heavy atom. The van der Waals surface area contributed by atoms with Gasteiger partial charge in [-0.3, -0.25) is 4.98 Å². The van der Waals surface area contributed by atoms with Crippen molar-refractivity contribution in [1.29, 1.82) is 0 Å². The second-order valence-corrected chi connectivity index (χ2v) is 5.60. The Kier molecular flexibility index (Phi) is 3.49. The summed E-state index contributed by atoms with van der Waals surface area (Å²) in [6.07, 6.45) is 5.73. The maximum Gasteiger partial charge on any atom is 0.0955 e. The molecule has 1 aliphatic carbocycles. The highest BCUT2D eigenvalue weighted by atomic mass is 16.3. The van der Waals surface area contributed by atoms with Crippen molar-refractivity contribution in [3.63, 3.8) is 0 Å². The van der Waals surface area contributed by atoms with Crippen molar-refractivity contribution < 1.29 is 5.11 Å². The van der Waals surface area contributed by atoms with E-state index in [9.17, 15) is 5.11 Å². The predicted octanol–water partition coefficient (Wildman–Crippen LogP) is 2.56. The molecule has 0 bridgehead atoms. The van der Waals surface area contributed by atoms with E-state index in [0.717, 1.165) is 41.5 Å². The third kappa shape index (κ3) is 2.20. The molecule has 106 valence electrons. The van der Waals surface area contributed by atoms with Crippen LogP contribution in [-0.4, -0.2) is 29.3 Å². The maximum atomic E-state index is 10.2. The number of aliphatic hydroxyl groups is 1. The van der Waals surface area contributed by atoms with Crippen LogP contribution in [0, 0.1) is 0 Å². The van der Waals surface area contributed by atoms with Crippen molar-refractivity contribution in [2.24, 2.45) is 0 Å². The number of hydrogen-bond acceptors (Lipinski definition) is 4. The number of aliphatic hydroxyl groups excluding tert-OH is 1. The Morgan fingerprint density at radius 2 is 2.05 bits per heavy atom. The van der Waals surface area contributed by atoms with E-state index in [4.69, 9.17) is 5.73 Å². The number of rotatable bonds is 2. The first-order chi connectivity index (χ1) is 9.68. The molecule has 1 aliphatic rings. The second kappa shape index (κ2) is 5.29. The molecule has 2 atom stereocenters. The second-order valence-electron chi connectivity index (χ2n) is 5.60. The predicted molar refractivity (Wildman–Crippen MR) is 82.8 cm³/mol. The lowest BCUT2D eigenvalue weighted by molar-refractivity contribution is 0.106. The van der Waals surface area contributed by atoms with E-state index < -0.39 is 0 Å². The van der Waals surface area contributed by atoms with Gasteiger partial charge >= 0.3 is 0 Å². The number of anilines is 2. The summed E-state index contributed by atoms with van der Waals surface area (Å²) in [4.78, 5) is 6.64. The molecule has 2 aromatic rings. The van der Waals surface area contributed by atoms with Gasteiger partial charge in [-0.05, 0) is 37.1 Å². The normalized spacial score (nSPS) is 22.9. The monoisotopic (exact) mass is 271 g/mol. The molecule has 3 rings (SSSR count). The number of hydrogen-bond donors (Lipinski definition) is 2. The van der Waals surface area contributed by atoms with Crippen molar-refractivity contribution in [1.82, 2.24) is 4.98 Å². The molecule has 1 fully saturated rings. The summed E-state index contributed by atoms with van der Waals surface area (Å²) < 4.78 is 0. The van der Waals surface area contributed by atoms with Gasteiger partial charge in [0.2, 0.25) is 0 Å². The van der Waals surface area contributed by atoms with Crippen LogP contribution in [0.25, 0.3) is 10.9 Å². The number of nitrogen functional groups attached to an aromatic ring is 1. The lowest BCUT2D eigenvalue weighted by atomic mass is 9.91. The Labute approximate surface area is 119 Å². The maximum absolute atomic E-state index is 10.2. The van der Waals surface area contributed by atoms with Crippen molar-refractivity contribution in [2.45, 2.75) is 37.8 Å². The van der Waals surface area contributed by atoms with Crippen LogP contribution < -0.4 is 10.6 Å². The molecule has 0 spiro atoms. The van der Waals surface area contributed by atoms with Gasteiger partial charge in [0.15, 0.2) is 0 Å². The van der Waals surface area contributed by atoms with Crippen LogP contribution in [0.3, 0.4) is 0 Å². The van der Waals surface area contributed by atoms with Crippen molar-refractivity contribution in [2.75, 3.05) is 17.7 Å². The van der Waals surface area contributed by atoms with Crippen molar-refractivity contribution in [3.8, 4) is 0 Å². The summed E-state index contributed by atoms with van der Waals surface area (Å²) in [5.41, 5.74) is 8.72. The van der Waals surface area contributed by atoms with E-state index in [0.29, 0.717) is 0 Å². The average Bonchev–Trinajstić information content (AvgIpc) is 2.48. The number of benzene rings is 1. The third-order valence-electron chi connectivity index (χ3n) is 4.35. The highest BCUT2D eigenvalue weighted by Gasteiger charge is 2.27. The van der Waals surface area contributed by atoms with Crippen LogP contribution in [0.1, 0.15) is 25.7 Å². The fraction of sp³-hybridized carbons (Fsp3) is 0.438. The van der Waals surface area contributed by atoms with Gasteiger partial charge in [-0.1, -0.05) is 12.8 Å². The van der Waals surface area contributed by atoms with Crippen LogP contribution >= 0.6 is 0 Å². The summed E-state index contributed by atoms with van der Waals surface area (Å²) >= 11 is 0. The quantitative estimate of drug-likeness (QED) is 0.824. The molecule has 4 nitrogen and oxygen atoms in total. The molecule has 0 saturated heterocycles. The molecular formula is C16H21N3O. The van der Waals surface area contributed by atoms with Gasteiger partial charge in [0.25, 0.3) is 0 Å². The number of fused-ring (bicyclic) bond motifs is 1. The van der Waals surface area contributed by atoms with E-state index >= 15 is 0 Å². The van der Waals surface area contributed by atoms with E-state index in [2.05, 4.69) is 9.88 Å². The van der Waals surface area contributed by atoms with Gasteiger partial charge in [-0.25, -0.2) is 0 Å². The first-order valence-electron chi connectivity index (χ1n) is 7.22. The molecule has 20 heavy (non-hydrogen) atoms. The highest BCUT2D eigenvalue weighted by molar-refractivity contribution is 5.98. The lowest BCUT2D eigenvalue weighted by Gasteiger charge is -2.37. The standard InChI is InChI=1S/C16H21N3O/c1-19(13-6-2-3-7-15(13)20)14-9-8-12(17)11-5-4-10-18-16(11)14/h4-5,8-10,13,15,20H,2-3,6-7,17H2,1H3. The summed E-state index contributed by atoms with van der Waals surface area (Å²) in [5.74, 6) is 0. The lowest BCUT2D eigenvalue weighted by Crippen LogP contribution is -2.43. The summed E-state index contributed by atoms with van der Waals surface area (Å²) in [6.45, 7) is 0. The SMILES string of the molecule is CN(c1ccc(N)c2cccnc12)C1CCCCC1O. The van der Waals surface area contributed by atoms with Crippen LogP contribution in [0.4, 0.5) is 11.4 Å². The molecule has 2 unspecified atom stereocenters. The minimum absolute atomic E-state index is 0.164. The zero-order chi connectivity index (χ0) is 14.1. The van der Waals surface area contributed by atoms with Gasteiger partial charge < -0.3 is 15.7 Å². The Hall–Kier alpha value is -1.81. The molecule has 0 aliphatic heterocycles. The van der Waals surface area contributed by atoms with Gasteiger partial charge in [0.1, 0.15) is 0 Å². The molecule has 1 aromatic carbocycles. The van der Waals surface area contributed by atoms with Gasteiger partial charge in [-0.15, -0.1) is 0 Å². The van der Waals surface area contributed by atoms with Gasteiger partial charge in [-0.2, -0.15) is 0 Å². The summed E-state index contributed by atoms with van der Waals surface area (Å²) in [7, 11) is 2.04. The van der Waals surface area contributed by atoms with E-state index in [-0.39, 0.29) is 12.1 Å². The Bertz CT molecular complexity index is 614. The van der Waals surface area contributed by atoms with Crippen molar-refractivity contribution >= 4 is 22.3 Å². The number of aromatic nitrogens is 1. The average molecular weight is 271 g/mol. The van der Waals surface area contributed by atoms with Crippen LogP contribution in [-0.2, 0) is 0 Å². The molecule has 3 N–H and O–H groups in total. The topological polar surface area (TPSA) is 62.4 Å². The first kappa shape index (κ1) is 13.2. The van der Waals surface area contributed by atoms with E-state index in [1.54, 1.807) is 6.20 Å². The third-order valence-corrected chi connectivity index (χ3v) is 4.35. The molecule has 4 heteroatoms. The molecule has 1 saturated carbocycles. The largest absolute Gasteiger partial charge is 0.398 e. The van der Waals surface area contributed by atoms with Crippen LogP contribution in [0.5, 0.6) is 0 Å². The summed E-state index contributed by atoms with van der Waals surface area (Å²) in [6, 6.07) is 7.99. The number of pyridine rings is 1. The number of nitrogens with zero attached hydrogens (tertiary/aromatic N) is 2. The summed E-state index contributed by atoms with van der Waals surface area (Å²) in [5, 5.41) is 11.2. The minimum Gasteiger partial charge on any atom is -0.398 e. The van der Waals surface area contributed by atoms with Crippen LogP contribution in [0.15, 0.2) is 30.5 Å². The first-order valence-corrected chi connectivity index (χ1v) is 7.22.